The lowest BCUT2D eigenvalue weighted by Crippen LogP contribution is -2.34. The molecule has 0 spiro atoms. The predicted molar refractivity (Wildman–Crippen MR) is 73.4 cm³/mol. The Bertz CT molecular complexity index is 329. The van der Waals surface area contributed by atoms with Crippen molar-refractivity contribution in [3.8, 4) is 0 Å². The molecule has 1 aromatic heterocycles. The Morgan fingerprint density at radius 1 is 1.47 bits per heavy atom. The van der Waals surface area contributed by atoms with Gasteiger partial charge in [0.25, 0.3) is 0 Å². The average Bonchev–Trinajstić information content (AvgIpc) is 2.78. The molecule has 2 heterocycles. The summed E-state index contributed by atoms with van der Waals surface area (Å²) in [4.78, 5) is 7.22. The molecule has 1 fully saturated rings. The molecule has 0 unspecified atom stereocenters. The van der Waals surface area contributed by atoms with E-state index >= 15 is 0 Å². The van der Waals surface area contributed by atoms with Crippen LogP contribution in [0.15, 0.2) is 5.38 Å². The lowest BCUT2D eigenvalue weighted by Gasteiger charge is -2.30. The van der Waals surface area contributed by atoms with E-state index in [1.807, 2.05) is 18.4 Å². The van der Waals surface area contributed by atoms with Gasteiger partial charge in [-0.3, -0.25) is 0 Å². The zero-order valence-electron chi connectivity index (χ0n) is 10.9. The van der Waals surface area contributed by atoms with Crippen molar-refractivity contribution < 1.29 is 0 Å². The molecule has 3 nitrogen and oxygen atoms in total. The number of aromatic nitrogens is 1. The summed E-state index contributed by atoms with van der Waals surface area (Å²) in [6.07, 6.45) is 3.87. The van der Waals surface area contributed by atoms with Crippen molar-refractivity contribution in [2.75, 3.05) is 26.7 Å². The number of nitrogens with one attached hydrogen (secondary N) is 1. The normalized spacial score (nSPS) is 18.7. The number of piperidine rings is 1. The van der Waals surface area contributed by atoms with Gasteiger partial charge in [-0.05, 0) is 45.4 Å². The monoisotopic (exact) mass is 253 g/mol. The average molecular weight is 253 g/mol. The Labute approximate surface area is 108 Å². The molecule has 2 rings (SSSR count). The lowest BCUT2D eigenvalue weighted by atomic mass is 9.94. The van der Waals surface area contributed by atoms with Crippen molar-refractivity contribution in [2.45, 2.75) is 32.7 Å². The zero-order valence-corrected chi connectivity index (χ0v) is 11.7. The van der Waals surface area contributed by atoms with E-state index in [9.17, 15) is 0 Å². The molecule has 1 N–H and O–H groups in total. The molecule has 0 bridgehead atoms. The molecule has 0 aromatic carbocycles. The first kappa shape index (κ1) is 13.0. The summed E-state index contributed by atoms with van der Waals surface area (Å²) in [7, 11) is 1.97. The van der Waals surface area contributed by atoms with Gasteiger partial charge in [0.15, 0.2) is 0 Å². The Balaban J connectivity index is 1.80. The van der Waals surface area contributed by atoms with Crippen LogP contribution in [0.25, 0.3) is 0 Å². The van der Waals surface area contributed by atoms with Crippen LogP contribution >= 0.6 is 11.3 Å². The molecule has 0 radical (unpaired) electrons. The van der Waals surface area contributed by atoms with E-state index in [-0.39, 0.29) is 0 Å². The molecule has 0 amide bonds. The second kappa shape index (κ2) is 6.47. The van der Waals surface area contributed by atoms with Crippen molar-refractivity contribution in [1.29, 1.82) is 0 Å². The summed E-state index contributed by atoms with van der Waals surface area (Å²) in [6, 6.07) is 0. The number of nitrogens with zero attached hydrogens (tertiary/aromatic N) is 2. The van der Waals surface area contributed by atoms with Gasteiger partial charge >= 0.3 is 0 Å². The zero-order chi connectivity index (χ0) is 12.1. The Morgan fingerprint density at radius 3 is 2.88 bits per heavy atom. The molecule has 1 aliphatic rings. The van der Waals surface area contributed by atoms with Gasteiger partial charge in [-0.2, -0.15) is 0 Å². The van der Waals surface area contributed by atoms with Crippen molar-refractivity contribution in [2.24, 2.45) is 5.92 Å². The quantitative estimate of drug-likeness (QED) is 0.871. The molecule has 1 aromatic rings. The minimum atomic E-state index is 0.853. The van der Waals surface area contributed by atoms with Crippen LogP contribution in [0, 0.1) is 5.92 Å². The summed E-state index contributed by atoms with van der Waals surface area (Å²) in [5.41, 5.74) is 1.19. The molecule has 17 heavy (non-hydrogen) atoms. The van der Waals surface area contributed by atoms with Gasteiger partial charge in [-0.25, -0.2) is 4.98 Å². The molecule has 4 heteroatoms. The van der Waals surface area contributed by atoms with E-state index in [4.69, 9.17) is 0 Å². The molecule has 0 atom stereocenters. The highest BCUT2D eigenvalue weighted by atomic mass is 32.1. The van der Waals surface area contributed by atoms with Crippen molar-refractivity contribution in [3.63, 3.8) is 0 Å². The predicted octanol–water partition coefficient (Wildman–Crippen LogP) is 2.14. The van der Waals surface area contributed by atoms with Crippen LogP contribution in [0.5, 0.6) is 0 Å². The van der Waals surface area contributed by atoms with Gasteiger partial charge in [0.2, 0.25) is 0 Å². The molecule has 1 saturated heterocycles. The maximum Gasteiger partial charge on any atom is 0.0931 e. The Morgan fingerprint density at radius 2 is 2.24 bits per heavy atom. The van der Waals surface area contributed by atoms with Crippen molar-refractivity contribution >= 4 is 11.3 Å². The summed E-state index contributed by atoms with van der Waals surface area (Å²) in [5.74, 6) is 0.853. The van der Waals surface area contributed by atoms with Gasteiger partial charge in [0.05, 0.1) is 10.7 Å². The molecule has 0 aliphatic carbocycles. The van der Waals surface area contributed by atoms with E-state index in [0.29, 0.717) is 0 Å². The van der Waals surface area contributed by atoms with Crippen LogP contribution in [0.2, 0.25) is 0 Å². The van der Waals surface area contributed by atoms with Crippen LogP contribution in [-0.4, -0.2) is 36.6 Å². The van der Waals surface area contributed by atoms with Gasteiger partial charge < -0.3 is 10.2 Å². The molecular formula is C13H23N3S. The van der Waals surface area contributed by atoms with Crippen LogP contribution in [-0.2, 0) is 13.0 Å². The van der Waals surface area contributed by atoms with Crippen LogP contribution < -0.4 is 5.32 Å². The maximum absolute atomic E-state index is 4.68. The minimum absolute atomic E-state index is 0.853. The standard InChI is InChI=1S/C13H23N3S/c1-3-16-6-4-11(5-7-16)8-13-15-12(9-14-2)10-17-13/h10-11,14H,3-9H2,1-2H3. The first-order valence-corrected chi connectivity index (χ1v) is 7.50. The van der Waals surface area contributed by atoms with E-state index < -0.39 is 0 Å². The highest BCUT2D eigenvalue weighted by molar-refractivity contribution is 7.09. The third-order valence-corrected chi connectivity index (χ3v) is 4.49. The fourth-order valence-electron chi connectivity index (χ4n) is 2.46. The van der Waals surface area contributed by atoms with Crippen LogP contribution in [0.4, 0.5) is 0 Å². The first-order valence-electron chi connectivity index (χ1n) is 6.62. The number of thiazole rings is 1. The third kappa shape index (κ3) is 3.76. The molecule has 0 saturated carbocycles. The van der Waals surface area contributed by atoms with Crippen LogP contribution in [0.3, 0.4) is 0 Å². The summed E-state index contributed by atoms with van der Waals surface area (Å²) in [6.45, 7) is 6.90. The highest BCUT2D eigenvalue weighted by Gasteiger charge is 2.19. The smallest absolute Gasteiger partial charge is 0.0931 e. The van der Waals surface area contributed by atoms with E-state index in [0.717, 1.165) is 12.5 Å². The Hall–Kier alpha value is -0.450. The van der Waals surface area contributed by atoms with Gasteiger partial charge in [-0.15, -0.1) is 11.3 Å². The molecule has 1 aliphatic heterocycles. The van der Waals surface area contributed by atoms with Crippen molar-refractivity contribution in [1.82, 2.24) is 15.2 Å². The van der Waals surface area contributed by atoms with Gasteiger partial charge in [0, 0.05) is 18.3 Å². The Kier molecular flexibility index (Phi) is 4.95. The summed E-state index contributed by atoms with van der Waals surface area (Å²) in [5, 5.41) is 6.66. The number of hydrogen-bond acceptors (Lipinski definition) is 4. The molecule has 96 valence electrons. The second-order valence-corrected chi connectivity index (χ2v) is 5.79. The highest BCUT2D eigenvalue weighted by Crippen LogP contribution is 2.23. The number of likely N-dealkylation sites (tertiary alicyclic amines) is 1. The number of rotatable bonds is 5. The SMILES string of the molecule is CCN1CCC(Cc2nc(CNC)cs2)CC1. The van der Waals surface area contributed by atoms with Gasteiger partial charge in [-0.1, -0.05) is 6.92 Å². The van der Waals surface area contributed by atoms with E-state index in [1.165, 1.54) is 49.6 Å². The third-order valence-electron chi connectivity index (χ3n) is 3.57. The largest absolute Gasteiger partial charge is 0.314 e. The number of hydrogen-bond donors (Lipinski definition) is 1. The van der Waals surface area contributed by atoms with Crippen molar-refractivity contribution in [3.05, 3.63) is 16.1 Å². The first-order chi connectivity index (χ1) is 8.31. The second-order valence-electron chi connectivity index (χ2n) is 4.84. The van der Waals surface area contributed by atoms with E-state index in [1.54, 1.807) is 0 Å². The maximum atomic E-state index is 4.68. The molecular weight excluding hydrogens is 230 g/mol. The van der Waals surface area contributed by atoms with Crippen LogP contribution in [0.1, 0.15) is 30.5 Å². The van der Waals surface area contributed by atoms with E-state index in [2.05, 4.69) is 27.5 Å². The lowest BCUT2D eigenvalue weighted by molar-refractivity contribution is 0.192. The van der Waals surface area contributed by atoms with Gasteiger partial charge in [0.1, 0.15) is 0 Å². The summed E-state index contributed by atoms with van der Waals surface area (Å²) < 4.78 is 0. The summed E-state index contributed by atoms with van der Waals surface area (Å²) >= 11 is 1.82. The topological polar surface area (TPSA) is 28.2 Å². The fourth-order valence-corrected chi connectivity index (χ4v) is 3.37. The fraction of sp³-hybridized carbons (Fsp3) is 0.769. The minimum Gasteiger partial charge on any atom is -0.314 e.